The van der Waals surface area contributed by atoms with Crippen molar-refractivity contribution in [2.75, 3.05) is 7.11 Å². The Morgan fingerprint density at radius 2 is 2.20 bits per heavy atom. The van der Waals surface area contributed by atoms with Crippen LogP contribution in [0.1, 0.15) is 45.1 Å². The van der Waals surface area contributed by atoms with Crippen LogP contribution >= 0.6 is 15.9 Å². The van der Waals surface area contributed by atoms with E-state index in [1.54, 1.807) is 7.11 Å². The molecule has 20 heavy (non-hydrogen) atoms. The average Bonchev–Trinajstić information content (AvgIpc) is 2.41. The summed E-state index contributed by atoms with van der Waals surface area (Å²) < 4.78 is 6.46. The highest BCUT2D eigenvalue weighted by Crippen LogP contribution is 2.38. The van der Waals surface area contributed by atoms with E-state index < -0.39 is 0 Å². The Balaban J connectivity index is 2.15. The van der Waals surface area contributed by atoms with Crippen molar-refractivity contribution in [2.45, 2.75) is 51.5 Å². The smallest absolute Gasteiger partial charge is 0.119 e. The van der Waals surface area contributed by atoms with Gasteiger partial charge in [0, 0.05) is 10.0 Å². The summed E-state index contributed by atoms with van der Waals surface area (Å²) in [5, 5.41) is 0. The molecule has 1 fully saturated rings. The first-order valence-corrected chi connectivity index (χ1v) is 8.34. The van der Waals surface area contributed by atoms with Crippen LogP contribution in [0.25, 0.3) is 0 Å². The van der Waals surface area contributed by atoms with Gasteiger partial charge in [0.1, 0.15) is 5.75 Å². The van der Waals surface area contributed by atoms with E-state index >= 15 is 0 Å². The Hall–Kier alpha value is -0.540. The molecule has 2 atom stereocenters. The summed E-state index contributed by atoms with van der Waals surface area (Å²) in [5.74, 6) is 2.40. The molecule has 0 aliphatic heterocycles. The van der Waals surface area contributed by atoms with Crippen LogP contribution in [0, 0.1) is 11.8 Å². The summed E-state index contributed by atoms with van der Waals surface area (Å²) >= 11 is 3.64. The maximum absolute atomic E-state index is 6.72. The zero-order valence-electron chi connectivity index (χ0n) is 12.8. The number of rotatable bonds is 4. The number of methoxy groups -OCH3 is 1. The topological polar surface area (TPSA) is 35.2 Å². The molecular formula is C17H26BrNO. The minimum Gasteiger partial charge on any atom is -0.497 e. The van der Waals surface area contributed by atoms with Gasteiger partial charge in [-0.25, -0.2) is 0 Å². The van der Waals surface area contributed by atoms with Gasteiger partial charge in [0.25, 0.3) is 0 Å². The number of benzene rings is 1. The molecule has 1 saturated carbocycles. The van der Waals surface area contributed by atoms with E-state index in [2.05, 4.69) is 41.9 Å². The first-order chi connectivity index (χ1) is 9.43. The fraction of sp³-hybridized carbons (Fsp3) is 0.647. The van der Waals surface area contributed by atoms with Crippen LogP contribution in [0.5, 0.6) is 5.75 Å². The second-order valence-electron chi connectivity index (χ2n) is 6.60. The lowest BCUT2D eigenvalue weighted by Gasteiger charge is -2.40. The highest BCUT2D eigenvalue weighted by molar-refractivity contribution is 9.10. The predicted octanol–water partition coefficient (Wildman–Crippen LogP) is 4.54. The summed E-state index contributed by atoms with van der Waals surface area (Å²) in [6.07, 6.45) is 5.76. The average molecular weight is 340 g/mol. The van der Waals surface area contributed by atoms with Gasteiger partial charge in [0.2, 0.25) is 0 Å². The fourth-order valence-corrected chi connectivity index (χ4v) is 3.75. The number of halogens is 1. The maximum Gasteiger partial charge on any atom is 0.119 e. The molecule has 2 rings (SSSR count). The molecule has 0 saturated heterocycles. The minimum atomic E-state index is -0.0674. The standard InChI is InChI=1S/C17H26BrNO/c1-12(2)13-5-4-8-17(19,10-13)11-14-9-15(20-3)6-7-16(14)18/h6-7,9,12-13H,4-5,8,10-11,19H2,1-3H3. The quantitative estimate of drug-likeness (QED) is 0.873. The van der Waals surface area contributed by atoms with Crippen molar-refractivity contribution in [3.05, 3.63) is 28.2 Å². The van der Waals surface area contributed by atoms with E-state index in [-0.39, 0.29) is 5.54 Å². The van der Waals surface area contributed by atoms with Crippen LogP contribution in [0.15, 0.2) is 22.7 Å². The minimum absolute atomic E-state index is 0.0674. The van der Waals surface area contributed by atoms with E-state index in [1.165, 1.54) is 18.4 Å². The molecule has 1 aromatic carbocycles. The number of hydrogen-bond donors (Lipinski definition) is 1. The number of ether oxygens (including phenoxy) is 1. The molecule has 2 unspecified atom stereocenters. The molecule has 0 spiro atoms. The van der Waals surface area contributed by atoms with Gasteiger partial charge < -0.3 is 10.5 Å². The molecule has 0 radical (unpaired) electrons. The highest BCUT2D eigenvalue weighted by Gasteiger charge is 2.34. The first-order valence-electron chi connectivity index (χ1n) is 7.55. The van der Waals surface area contributed by atoms with Gasteiger partial charge in [0.05, 0.1) is 7.11 Å². The molecular weight excluding hydrogens is 314 g/mol. The third-order valence-corrected chi connectivity index (χ3v) is 5.43. The van der Waals surface area contributed by atoms with Gasteiger partial charge in [-0.1, -0.05) is 42.6 Å². The molecule has 112 valence electrons. The Morgan fingerprint density at radius 3 is 2.85 bits per heavy atom. The van der Waals surface area contributed by atoms with Crippen molar-refractivity contribution in [3.8, 4) is 5.75 Å². The van der Waals surface area contributed by atoms with Gasteiger partial charge in [0.15, 0.2) is 0 Å². The molecule has 3 heteroatoms. The summed E-state index contributed by atoms with van der Waals surface area (Å²) in [7, 11) is 1.71. The summed E-state index contributed by atoms with van der Waals surface area (Å²) in [6.45, 7) is 4.63. The van der Waals surface area contributed by atoms with Crippen LogP contribution in [-0.4, -0.2) is 12.6 Å². The first kappa shape index (κ1) is 15.8. The van der Waals surface area contributed by atoms with Crippen LogP contribution < -0.4 is 10.5 Å². The number of nitrogens with two attached hydrogens (primary N) is 1. The second-order valence-corrected chi connectivity index (χ2v) is 7.45. The third-order valence-electron chi connectivity index (χ3n) is 4.66. The molecule has 2 nitrogen and oxygen atoms in total. The van der Waals surface area contributed by atoms with Crippen molar-refractivity contribution < 1.29 is 4.74 Å². The SMILES string of the molecule is COc1ccc(Br)c(CC2(N)CCCC(C(C)C)C2)c1. The molecule has 2 N–H and O–H groups in total. The van der Waals surface area contributed by atoms with Crippen LogP contribution in [0.3, 0.4) is 0 Å². The lowest BCUT2D eigenvalue weighted by atomic mass is 9.70. The largest absolute Gasteiger partial charge is 0.497 e. The van der Waals surface area contributed by atoms with Crippen molar-refractivity contribution in [1.82, 2.24) is 0 Å². The van der Waals surface area contributed by atoms with Gasteiger partial charge in [-0.05, 0) is 54.9 Å². The predicted molar refractivity (Wildman–Crippen MR) is 88.1 cm³/mol. The Bertz CT molecular complexity index is 460. The maximum atomic E-state index is 6.72. The summed E-state index contributed by atoms with van der Waals surface area (Å²) in [4.78, 5) is 0. The zero-order valence-corrected chi connectivity index (χ0v) is 14.4. The molecule has 0 bridgehead atoms. The molecule has 0 amide bonds. The van der Waals surface area contributed by atoms with Gasteiger partial charge in [-0.3, -0.25) is 0 Å². The molecule has 0 aromatic heterocycles. The van der Waals surface area contributed by atoms with Crippen LogP contribution in [-0.2, 0) is 6.42 Å². The fourth-order valence-electron chi connectivity index (χ4n) is 3.37. The molecule has 1 aliphatic rings. The van der Waals surface area contributed by atoms with E-state index in [4.69, 9.17) is 10.5 Å². The molecule has 1 aromatic rings. The summed E-state index contributed by atoms with van der Waals surface area (Å²) in [6, 6.07) is 6.15. The van der Waals surface area contributed by atoms with E-state index in [9.17, 15) is 0 Å². The Labute approximate surface area is 131 Å². The van der Waals surface area contributed by atoms with E-state index in [0.29, 0.717) is 0 Å². The van der Waals surface area contributed by atoms with Gasteiger partial charge in [-0.15, -0.1) is 0 Å². The highest BCUT2D eigenvalue weighted by atomic mass is 79.9. The number of hydrogen-bond acceptors (Lipinski definition) is 2. The van der Waals surface area contributed by atoms with E-state index in [0.717, 1.165) is 41.3 Å². The van der Waals surface area contributed by atoms with Crippen molar-refractivity contribution in [2.24, 2.45) is 17.6 Å². The molecule has 1 aliphatic carbocycles. The van der Waals surface area contributed by atoms with Crippen molar-refractivity contribution in [1.29, 1.82) is 0 Å². The van der Waals surface area contributed by atoms with Crippen LogP contribution in [0.2, 0.25) is 0 Å². The molecule has 0 heterocycles. The lowest BCUT2D eigenvalue weighted by Crippen LogP contribution is -2.47. The second kappa shape index (κ2) is 6.48. The lowest BCUT2D eigenvalue weighted by molar-refractivity contribution is 0.182. The summed E-state index contributed by atoms with van der Waals surface area (Å²) in [5.41, 5.74) is 7.91. The van der Waals surface area contributed by atoms with Crippen molar-refractivity contribution >= 4 is 15.9 Å². The Kier molecular flexibility index (Phi) is 5.14. The third kappa shape index (κ3) is 3.76. The van der Waals surface area contributed by atoms with Crippen LogP contribution in [0.4, 0.5) is 0 Å². The van der Waals surface area contributed by atoms with E-state index in [1.807, 2.05) is 6.07 Å². The van der Waals surface area contributed by atoms with Crippen molar-refractivity contribution in [3.63, 3.8) is 0 Å². The Morgan fingerprint density at radius 1 is 1.45 bits per heavy atom. The monoisotopic (exact) mass is 339 g/mol. The van der Waals surface area contributed by atoms with Gasteiger partial charge >= 0.3 is 0 Å². The normalized spacial score (nSPS) is 26.8. The van der Waals surface area contributed by atoms with Gasteiger partial charge in [-0.2, -0.15) is 0 Å². The zero-order chi connectivity index (χ0) is 14.8.